The lowest BCUT2D eigenvalue weighted by Gasteiger charge is -2.07. The highest BCUT2D eigenvalue weighted by Crippen LogP contribution is 2.02. The van der Waals surface area contributed by atoms with Gasteiger partial charge in [-0.15, -0.1) is 0 Å². The van der Waals surface area contributed by atoms with E-state index in [9.17, 15) is 0 Å². The van der Waals surface area contributed by atoms with E-state index in [2.05, 4.69) is 26.9 Å². The molecule has 4 N–H and O–H groups in total. The minimum Gasteiger partial charge on any atom is -0.265 e. The molecule has 0 radical (unpaired) electrons. The first-order valence-corrected chi connectivity index (χ1v) is 4.35. The van der Waals surface area contributed by atoms with Gasteiger partial charge in [-0.2, -0.15) is 11.1 Å². The maximum Gasteiger partial charge on any atom is 0.0862 e. The minimum absolute atomic E-state index is 0.285. The lowest BCUT2D eigenvalue weighted by atomic mass is 10.1. The molecular formula is C8H13N5. The number of nitrogens with zero attached hydrogens (tertiary/aromatic N) is 1. The SMILES string of the molecule is c1cc(CCC2NNNN2)ccn1. The van der Waals surface area contributed by atoms with E-state index in [-0.39, 0.29) is 6.17 Å². The van der Waals surface area contributed by atoms with Gasteiger partial charge in [0.15, 0.2) is 0 Å². The predicted octanol–water partition coefficient (Wildman–Crippen LogP) is -0.543. The Morgan fingerprint density at radius 2 is 1.85 bits per heavy atom. The van der Waals surface area contributed by atoms with Gasteiger partial charge in [-0.05, 0) is 30.5 Å². The second kappa shape index (κ2) is 4.29. The van der Waals surface area contributed by atoms with Crippen LogP contribution in [0.15, 0.2) is 24.5 Å². The van der Waals surface area contributed by atoms with Crippen molar-refractivity contribution in [3.8, 4) is 0 Å². The molecule has 2 heterocycles. The molecule has 13 heavy (non-hydrogen) atoms. The summed E-state index contributed by atoms with van der Waals surface area (Å²) in [7, 11) is 0. The molecule has 1 aliphatic rings. The number of hydrogen-bond acceptors (Lipinski definition) is 5. The number of nitrogens with one attached hydrogen (secondary N) is 4. The van der Waals surface area contributed by atoms with Gasteiger partial charge in [0, 0.05) is 12.4 Å². The van der Waals surface area contributed by atoms with Crippen molar-refractivity contribution in [2.24, 2.45) is 0 Å². The van der Waals surface area contributed by atoms with Crippen LogP contribution >= 0.6 is 0 Å². The fourth-order valence-corrected chi connectivity index (χ4v) is 1.29. The number of rotatable bonds is 3. The summed E-state index contributed by atoms with van der Waals surface area (Å²) in [6.07, 6.45) is 6.00. The van der Waals surface area contributed by atoms with Crippen molar-refractivity contribution < 1.29 is 0 Å². The van der Waals surface area contributed by atoms with Crippen molar-refractivity contribution in [1.29, 1.82) is 0 Å². The van der Waals surface area contributed by atoms with Gasteiger partial charge in [0.05, 0.1) is 6.17 Å². The third-order valence-corrected chi connectivity index (χ3v) is 2.03. The van der Waals surface area contributed by atoms with E-state index >= 15 is 0 Å². The van der Waals surface area contributed by atoms with E-state index < -0.39 is 0 Å². The number of aromatic nitrogens is 1. The monoisotopic (exact) mass is 179 g/mol. The number of aryl methyl sites for hydroxylation is 1. The summed E-state index contributed by atoms with van der Waals surface area (Å²) in [4.78, 5) is 3.97. The van der Waals surface area contributed by atoms with Gasteiger partial charge < -0.3 is 0 Å². The predicted molar refractivity (Wildman–Crippen MR) is 48.9 cm³/mol. The van der Waals surface area contributed by atoms with Gasteiger partial charge in [0.2, 0.25) is 0 Å². The summed E-state index contributed by atoms with van der Waals surface area (Å²) < 4.78 is 0. The van der Waals surface area contributed by atoms with Gasteiger partial charge in [0.1, 0.15) is 0 Å². The van der Waals surface area contributed by atoms with E-state index in [0.29, 0.717) is 0 Å². The topological polar surface area (TPSA) is 61.0 Å². The molecule has 70 valence electrons. The highest BCUT2D eigenvalue weighted by Gasteiger charge is 2.11. The van der Waals surface area contributed by atoms with Crippen LogP contribution in [0.2, 0.25) is 0 Å². The second-order valence-electron chi connectivity index (χ2n) is 2.99. The molecule has 1 aromatic rings. The Balaban J connectivity index is 1.79. The molecule has 2 rings (SSSR count). The van der Waals surface area contributed by atoms with Crippen molar-refractivity contribution in [1.82, 2.24) is 26.9 Å². The van der Waals surface area contributed by atoms with E-state index in [4.69, 9.17) is 0 Å². The van der Waals surface area contributed by atoms with Crippen LogP contribution < -0.4 is 21.9 Å². The third-order valence-electron chi connectivity index (χ3n) is 2.03. The van der Waals surface area contributed by atoms with Crippen molar-refractivity contribution in [2.45, 2.75) is 19.0 Å². The summed E-state index contributed by atoms with van der Waals surface area (Å²) in [6.45, 7) is 0. The quantitative estimate of drug-likeness (QED) is 0.502. The smallest absolute Gasteiger partial charge is 0.0862 e. The molecule has 0 saturated carbocycles. The molecule has 0 bridgehead atoms. The van der Waals surface area contributed by atoms with E-state index in [0.717, 1.165) is 12.8 Å². The largest absolute Gasteiger partial charge is 0.265 e. The van der Waals surface area contributed by atoms with E-state index in [1.54, 1.807) is 0 Å². The van der Waals surface area contributed by atoms with Crippen molar-refractivity contribution in [2.75, 3.05) is 0 Å². The van der Waals surface area contributed by atoms with Gasteiger partial charge in [0.25, 0.3) is 0 Å². The molecule has 1 fully saturated rings. The number of hydrogen-bond donors (Lipinski definition) is 4. The Kier molecular flexibility index (Phi) is 2.83. The zero-order chi connectivity index (χ0) is 8.93. The van der Waals surface area contributed by atoms with Crippen LogP contribution in [0.4, 0.5) is 0 Å². The van der Waals surface area contributed by atoms with E-state index in [1.165, 1.54) is 5.56 Å². The van der Waals surface area contributed by atoms with Crippen LogP contribution in [0.25, 0.3) is 0 Å². The normalized spacial score (nSPS) is 17.8. The molecule has 0 atom stereocenters. The first kappa shape index (κ1) is 8.58. The third kappa shape index (κ3) is 2.46. The molecule has 1 aliphatic heterocycles. The molecule has 0 aliphatic carbocycles. The molecule has 0 aromatic carbocycles. The molecule has 0 unspecified atom stereocenters. The summed E-state index contributed by atoms with van der Waals surface area (Å²) in [6, 6.07) is 4.08. The Bertz CT molecular complexity index is 244. The highest BCUT2D eigenvalue weighted by atomic mass is 15.8. The van der Waals surface area contributed by atoms with Crippen LogP contribution in [-0.4, -0.2) is 11.1 Å². The molecule has 0 amide bonds. The van der Waals surface area contributed by atoms with Crippen LogP contribution in [-0.2, 0) is 6.42 Å². The summed E-state index contributed by atoms with van der Waals surface area (Å²) in [5.41, 5.74) is 13.0. The summed E-state index contributed by atoms with van der Waals surface area (Å²) in [5.74, 6) is 0. The molecule has 1 saturated heterocycles. The maximum atomic E-state index is 3.97. The van der Waals surface area contributed by atoms with E-state index in [1.807, 2.05) is 24.5 Å². The van der Waals surface area contributed by atoms with Crippen molar-refractivity contribution in [3.05, 3.63) is 30.1 Å². The van der Waals surface area contributed by atoms with Gasteiger partial charge >= 0.3 is 0 Å². The lowest BCUT2D eigenvalue weighted by Crippen LogP contribution is -2.33. The van der Waals surface area contributed by atoms with Crippen LogP contribution in [0, 0.1) is 0 Å². The summed E-state index contributed by atoms with van der Waals surface area (Å²) in [5, 5.41) is 0. The Labute approximate surface area is 76.8 Å². The van der Waals surface area contributed by atoms with Crippen molar-refractivity contribution >= 4 is 0 Å². The zero-order valence-electron chi connectivity index (χ0n) is 7.25. The Hall–Kier alpha value is -1.01. The van der Waals surface area contributed by atoms with Crippen LogP contribution in [0.5, 0.6) is 0 Å². The zero-order valence-corrected chi connectivity index (χ0v) is 7.25. The minimum atomic E-state index is 0.285. The number of pyridine rings is 1. The van der Waals surface area contributed by atoms with Gasteiger partial charge in [-0.1, -0.05) is 0 Å². The van der Waals surface area contributed by atoms with Gasteiger partial charge in [-0.25, -0.2) is 10.9 Å². The fraction of sp³-hybridized carbons (Fsp3) is 0.375. The fourth-order valence-electron chi connectivity index (χ4n) is 1.29. The second-order valence-corrected chi connectivity index (χ2v) is 2.99. The van der Waals surface area contributed by atoms with Gasteiger partial charge in [-0.3, -0.25) is 4.98 Å². The van der Waals surface area contributed by atoms with Crippen LogP contribution in [0.3, 0.4) is 0 Å². The molecule has 1 aromatic heterocycles. The Morgan fingerprint density at radius 3 is 2.54 bits per heavy atom. The Morgan fingerprint density at radius 1 is 1.15 bits per heavy atom. The number of hydrazine groups is 3. The molecule has 5 heteroatoms. The standard InChI is InChI=1S/C8H13N5/c1(2-8-10-12-13-11-8)7-3-5-9-6-4-7/h3-6,8,10-13H,1-2H2. The van der Waals surface area contributed by atoms with Crippen LogP contribution in [0.1, 0.15) is 12.0 Å². The molecular weight excluding hydrogens is 166 g/mol. The highest BCUT2D eigenvalue weighted by molar-refractivity contribution is 5.09. The van der Waals surface area contributed by atoms with Crippen molar-refractivity contribution in [3.63, 3.8) is 0 Å². The lowest BCUT2D eigenvalue weighted by molar-refractivity contribution is 0.489. The first-order chi connectivity index (χ1) is 6.45. The summed E-state index contributed by atoms with van der Waals surface area (Å²) >= 11 is 0. The first-order valence-electron chi connectivity index (χ1n) is 4.35. The maximum absolute atomic E-state index is 3.97. The molecule has 5 nitrogen and oxygen atoms in total. The average Bonchev–Trinajstić information content (AvgIpc) is 2.69. The molecule has 0 spiro atoms. The average molecular weight is 179 g/mol.